The number of benzene rings is 2. The maximum Gasteiger partial charge on any atom is 0.343 e. The number of phenols is 1. The lowest BCUT2D eigenvalue weighted by Gasteiger charge is -2.31. The van der Waals surface area contributed by atoms with Crippen LogP contribution >= 0.6 is 0 Å². The molecule has 0 aliphatic carbocycles. The number of rotatable bonds is 10. The molecule has 16 heteroatoms. The molecule has 3 N–H and O–H groups in total. The van der Waals surface area contributed by atoms with Gasteiger partial charge in [-0.25, -0.2) is 19.6 Å². The number of aromatic nitrogens is 4. The smallest absolute Gasteiger partial charge is 0.343 e. The molecule has 4 aliphatic rings. The van der Waals surface area contributed by atoms with Crippen molar-refractivity contribution in [2.75, 3.05) is 0 Å². The van der Waals surface area contributed by atoms with E-state index < -0.39 is 39.3 Å². The Hall–Kier alpha value is -5.95. The summed E-state index contributed by atoms with van der Waals surface area (Å²) in [5, 5.41) is 34.3. The van der Waals surface area contributed by atoms with E-state index in [1.807, 2.05) is 26.0 Å². The van der Waals surface area contributed by atoms with Gasteiger partial charge in [0.15, 0.2) is 11.2 Å². The fourth-order valence-corrected chi connectivity index (χ4v) is 12.2. The zero-order valence-electron chi connectivity index (χ0n) is 41.3. The van der Waals surface area contributed by atoms with E-state index in [2.05, 4.69) is 45.3 Å². The number of carbonyl (C=O) groups excluding carboxylic acids is 2. The zero-order chi connectivity index (χ0) is 49.7. The Kier molecular flexibility index (Phi) is 12.0. The summed E-state index contributed by atoms with van der Waals surface area (Å²) in [4.78, 5) is 61.8. The molecule has 2 atom stereocenters. The van der Waals surface area contributed by atoms with E-state index in [0.717, 1.165) is 74.9 Å². The number of hydrogen-bond donors (Lipinski definition) is 3. The molecule has 0 saturated carbocycles. The molecule has 14 nitrogen and oxygen atoms in total. The highest BCUT2D eigenvalue weighted by Gasteiger charge is 2.47. The summed E-state index contributed by atoms with van der Waals surface area (Å²) in [6.07, 6.45) is 2.03. The number of fused-ring (bicyclic) bond motifs is 10. The molecule has 69 heavy (non-hydrogen) atoms. The fraction of sp³-hybridized carbons (Fsp3) is 0.434. The van der Waals surface area contributed by atoms with Crippen LogP contribution in [0.5, 0.6) is 11.5 Å². The Morgan fingerprint density at radius 3 is 1.51 bits per heavy atom. The van der Waals surface area contributed by atoms with E-state index in [4.69, 9.17) is 24.2 Å². The zero-order valence-corrected chi connectivity index (χ0v) is 43.3. The topological polar surface area (TPSA) is 192 Å². The molecular formula is C53H62N4O10Si2. The summed E-state index contributed by atoms with van der Waals surface area (Å²) >= 11 is 0. The van der Waals surface area contributed by atoms with E-state index in [1.54, 1.807) is 53.3 Å². The molecule has 0 saturated heterocycles. The Bertz CT molecular complexity index is 3280. The van der Waals surface area contributed by atoms with Gasteiger partial charge in [-0.15, -0.1) is 0 Å². The molecule has 0 spiro atoms. The monoisotopic (exact) mass is 970 g/mol. The summed E-state index contributed by atoms with van der Waals surface area (Å²) in [5.74, 6) is -0.441. The second kappa shape index (κ2) is 17.2. The molecule has 10 rings (SSSR count). The van der Waals surface area contributed by atoms with Crippen molar-refractivity contribution in [3.63, 3.8) is 0 Å². The van der Waals surface area contributed by atoms with E-state index in [0.29, 0.717) is 52.4 Å². The summed E-state index contributed by atoms with van der Waals surface area (Å²) in [7, 11) is -2.71. The van der Waals surface area contributed by atoms with Crippen LogP contribution in [0.2, 0.25) is 51.4 Å². The van der Waals surface area contributed by atoms with Crippen molar-refractivity contribution in [1.82, 2.24) is 19.1 Å². The van der Waals surface area contributed by atoms with Gasteiger partial charge in [-0.3, -0.25) is 9.59 Å². The average Bonchev–Trinajstić information content (AvgIpc) is 3.85. The SMILES string of the molecule is CC[C@@]1(O)C(=O)OCc2c1cc1n(c2=O)Cc2c-1nc1ccc(O)cc1c2CC[Si](C)(C)C.CC[C@@]1(O)C(=O)OCc2c1cc1n(c2=O)Cc2c-1nc1ccc(OC(C)C)cc1c2CC[Si](C)(C)C. The van der Waals surface area contributed by atoms with Gasteiger partial charge in [0, 0.05) is 49.2 Å². The van der Waals surface area contributed by atoms with Crippen LogP contribution in [0, 0.1) is 0 Å². The van der Waals surface area contributed by atoms with Crippen LogP contribution in [0.25, 0.3) is 44.6 Å². The predicted octanol–water partition coefficient (Wildman–Crippen LogP) is 8.41. The fourth-order valence-electron chi connectivity index (χ4n) is 10.2. The van der Waals surface area contributed by atoms with Gasteiger partial charge >= 0.3 is 11.9 Å². The number of phenolic OH excluding ortho intramolecular Hbond substituents is 1. The first-order valence-corrected chi connectivity index (χ1v) is 31.5. The maximum absolute atomic E-state index is 13.6. The standard InChI is InChI=1S/C28H34N2O5Si.C25H28N2O5Si/c1-7-28(33)22-13-24-25-20(14-30(24)26(31)21(22)15-34-27(28)32)18(10-11-36(4,5)6)19-12-17(35-16(2)3)8-9-23(19)29-25;1-5-25(31)19-11-21-22-17(12-27(21)23(29)18(19)13-32-24(25)30)15(8-9-33(2,3)4)16-10-14(28)6-7-20(16)26-22/h8-9,12-13,16,33H,7,10-11,14-15H2,1-6H3;6-7,10-11,28,31H,5,8-9,12-13H2,1-4H3/t28-;25-/m00/s1. The Labute approximate surface area is 403 Å². The maximum atomic E-state index is 13.6. The minimum atomic E-state index is -1.84. The van der Waals surface area contributed by atoms with Crippen molar-refractivity contribution in [2.24, 2.45) is 0 Å². The number of esters is 2. The van der Waals surface area contributed by atoms with E-state index >= 15 is 0 Å². The van der Waals surface area contributed by atoms with E-state index in [-0.39, 0.29) is 49.0 Å². The second-order valence-electron chi connectivity index (χ2n) is 21.7. The predicted molar refractivity (Wildman–Crippen MR) is 270 cm³/mol. The number of aromatic hydroxyl groups is 1. The van der Waals surface area contributed by atoms with Gasteiger partial charge in [0.25, 0.3) is 11.1 Å². The van der Waals surface area contributed by atoms with Crippen molar-refractivity contribution in [2.45, 2.75) is 148 Å². The minimum absolute atomic E-state index is 0.0617. The Morgan fingerprint density at radius 2 is 1.09 bits per heavy atom. The molecule has 2 aromatic carbocycles. The minimum Gasteiger partial charge on any atom is -0.508 e. The Morgan fingerprint density at radius 1 is 0.652 bits per heavy atom. The third-order valence-electron chi connectivity index (χ3n) is 14.2. The summed E-state index contributed by atoms with van der Waals surface area (Å²) < 4.78 is 19.7. The molecule has 0 amide bonds. The summed E-state index contributed by atoms with van der Waals surface area (Å²) in [5.41, 5.74) is 5.79. The third kappa shape index (κ3) is 8.32. The lowest BCUT2D eigenvalue weighted by atomic mass is 9.86. The van der Waals surface area contributed by atoms with Gasteiger partial charge in [-0.1, -0.05) is 65.2 Å². The number of hydrogen-bond acceptors (Lipinski definition) is 12. The second-order valence-corrected chi connectivity index (χ2v) is 33.0. The van der Waals surface area contributed by atoms with Crippen molar-refractivity contribution in [1.29, 1.82) is 0 Å². The number of aryl methyl sites for hydroxylation is 2. The number of nitrogens with zero attached hydrogens (tertiary/aromatic N) is 4. The molecule has 0 radical (unpaired) electrons. The highest BCUT2D eigenvalue weighted by Crippen LogP contribution is 2.43. The summed E-state index contributed by atoms with van der Waals surface area (Å²) in [6, 6.07) is 16.8. The van der Waals surface area contributed by atoms with E-state index in [1.165, 1.54) is 5.56 Å². The van der Waals surface area contributed by atoms with E-state index in [9.17, 15) is 34.5 Å². The first kappa shape index (κ1) is 48.1. The first-order valence-electron chi connectivity index (χ1n) is 24.1. The van der Waals surface area contributed by atoms with Crippen molar-refractivity contribution in [3.8, 4) is 34.3 Å². The average molecular weight is 971 g/mol. The molecule has 0 bridgehead atoms. The number of ether oxygens (including phenoxy) is 3. The number of aliphatic hydroxyl groups is 2. The highest BCUT2D eigenvalue weighted by molar-refractivity contribution is 6.76. The van der Waals surface area contributed by atoms with Gasteiger partial charge in [-0.2, -0.15) is 0 Å². The van der Waals surface area contributed by atoms with Crippen molar-refractivity contribution < 1.29 is 39.1 Å². The van der Waals surface area contributed by atoms with Crippen LogP contribution in [-0.2, 0) is 69.4 Å². The number of pyridine rings is 4. The molecule has 362 valence electrons. The molecule has 4 aliphatic heterocycles. The number of cyclic esters (lactones) is 2. The molecule has 0 fully saturated rings. The van der Waals surface area contributed by atoms with Crippen LogP contribution in [0.1, 0.15) is 85.0 Å². The molecule has 4 aromatic heterocycles. The lowest BCUT2D eigenvalue weighted by Crippen LogP contribution is -2.44. The van der Waals surface area contributed by atoms with Gasteiger partial charge in [-0.05, 0) is 99.2 Å². The molecule has 6 aromatic rings. The van der Waals surface area contributed by atoms with Crippen LogP contribution in [-0.4, -0.2) is 68.6 Å². The van der Waals surface area contributed by atoms with Crippen molar-refractivity contribution >= 4 is 49.9 Å². The van der Waals surface area contributed by atoms with Gasteiger partial charge in [0.05, 0.1) is 64.1 Å². The normalized spacial score (nSPS) is 19.0. The molecular weight excluding hydrogens is 909 g/mol. The van der Waals surface area contributed by atoms with Gasteiger partial charge in [0.1, 0.15) is 24.7 Å². The largest absolute Gasteiger partial charge is 0.508 e. The van der Waals surface area contributed by atoms with Gasteiger partial charge < -0.3 is 38.7 Å². The number of carbonyl (C=O) groups is 2. The Balaban J connectivity index is 0.000000172. The molecule has 8 heterocycles. The molecule has 0 unspecified atom stereocenters. The van der Waals surface area contributed by atoms with Gasteiger partial charge in [0.2, 0.25) is 0 Å². The van der Waals surface area contributed by atoms with Crippen molar-refractivity contribution in [3.05, 3.63) is 114 Å². The van der Waals surface area contributed by atoms with Crippen LogP contribution < -0.4 is 15.9 Å². The van der Waals surface area contributed by atoms with Crippen LogP contribution in [0.3, 0.4) is 0 Å². The first-order chi connectivity index (χ1) is 32.5. The summed E-state index contributed by atoms with van der Waals surface area (Å²) in [6.45, 7) is 22.0. The van der Waals surface area contributed by atoms with Crippen LogP contribution in [0.15, 0.2) is 58.1 Å². The van der Waals surface area contributed by atoms with Crippen LogP contribution in [0.4, 0.5) is 0 Å². The highest BCUT2D eigenvalue weighted by atomic mass is 28.3. The quantitative estimate of drug-likeness (QED) is 0.0877. The lowest BCUT2D eigenvalue weighted by molar-refractivity contribution is -0.172. The third-order valence-corrected chi connectivity index (χ3v) is 17.7.